The lowest BCUT2D eigenvalue weighted by Gasteiger charge is -2.11. The molecule has 0 fully saturated rings. The van der Waals surface area contributed by atoms with E-state index >= 15 is 0 Å². The molecule has 1 unspecified atom stereocenters. The smallest absolute Gasteiger partial charge is 0.297 e. The highest BCUT2D eigenvalue weighted by Gasteiger charge is 2.16. The molecule has 0 amide bonds. The predicted octanol–water partition coefficient (Wildman–Crippen LogP) is 2.31. The molecule has 78 valence electrons. The molecule has 0 bridgehead atoms. The molecule has 0 radical (unpaired) electrons. The van der Waals surface area contributed by atoms with Gasteiger partial charge in [-0.05, 0) is 12.5 Å². The van der Waals surface area contributed by atoms with E-state index in [9.17, 15) is 4.57 Å². The summed E-state index contributed by atoms with van der Waals surface area (Å²) in [7, 11) is -3.36. The Balaban J connectivity index is 2.45. The molecule has 0 spiro atoms. The number of nitrogens with two attached hydrogens (primary N) is 1. The Hall–Kier alpha value is -0.670. The summed E-state index contributed by atoms with van der Waals surface area (Å²) < 4.78 is 21.0. The first-order chi connectivity index (χ1) is 6.64. The van der Waals surface area contributed by atoms with Gasteiger partial charge in [-0.1, -0.05) is 30.3 Å². The molecule has 0 saturated heterocycles. The van der Waals surface area contributed by atoms with Gasteiger partial charge in [-0.2, -0.15) is 0 Å². The predicted molar refractivity (Wildman–Crippen MR) is 54.7 cm³/mol. The van der Waals surface area contributed by atoms with Gasteiger partial charge in [-0.15, -0.1) is 0 Å². The zero-order chi connectivity index (χ0) is 10.4. The summed E-state index contributed by atoms with van der Waals surface area (Å²) in [5.41, 5.74) is 6.20. The number of hydrogen-bond acceptors (Lipinski definition) is 3. The Morgan fingerprint density at radius 2 is 1.93 bits per heavy atom. The topological polar surface area (TPSA) is 61.5 Å². The van der Waals surface area contributed by atoms with Crippen molar-refractivity contribution in [3.05, 3.63) is 35.9 Å². The van der Waals surface area contributed by atoms with Gasteiger partial charge >= 0.3 is 7.75 Å². The van der Waals surface area contributed by atoms with Crippen LogP contribution in [-0.2, 0) is 20.2 Å². The highest BCUT2D eigenvalue weighted by Crippen LogP contribution is 2.39. The quantitative estimate of drug-likeness (QED) is 0.765. The van der Waals surface area contributed by atoms with Crippen LogP contribution >= 0.6 is 7.75 Å². The van der Waals surface area contributed by atoms with Crippen molar-refractivity contribution >= 4 is 7.75 Å². The van der Waals surface area contributed by atoms with E-state index in [2.05, 4.69) is 0 Å². The van der Waals surface area contributed by atoms with Crippen LogP contribution in [0.5, 0.6) is 0 Å². The van der Waals surface area contributed by atoms with E-state index in [0.29, 0.717) is 0 Å². The highest BCUT2D eigenvalue weighted by molar-refractivity contribution is 7.51. The largest absolute Gasteiger partial charge is 0.403 e. The van der Waals surface area contributed by atoms with Gasteiger partial charge in [0.05, 0.1) is 13.2 Å². The summed E-state index contributed by atoms with van der Waals surface area (Å²) in [6.45, 7) is 2.20. The molecule has 1 atom stereocenters. The van der Waals surface area contributed by atoms with Gasteiger partial charge in [0.2, 0.25) is 0 Å². The van der Waals surface area contributed by atoms with Gasteiger partial charge in [0.15, 0.2) is 0 Å². The number of benzene rings is 1. The Bertz CT molecular complexity index is 315. The van der Waals surface area contributed by atoms with Crippen LogP contribution in [0.4, 0.5) is 0 Å². The molecule has 0 aliphatic heterocycles. The molecule has 5 heteroatoms. The van der Waals surface area contributed by atoms with Gasteiger partial charge in [0.25, 0.3) is 0 Å². The van der Waals surface area contributed by atoms with Gasteiger partial charge in [-0.3, -0.25) is 9.05 Å². The fourth-order valence-corrected chi connectivity index (χ4v) is 1.72. The Morgan fingerprint density at radius 3 is 2.50 bits per heavy atom. The maximum absolute atomic E-state index is 11.3. The Labute approximate surface area is 83.6 Å². The average molecular weight is 215 g/mol. The lowest BCUT2D eigenvalue weighted by Crippen LogP contribution is -2.03. The van der Waals surface area contributed by atoms with E-state index in [-0.39, 0.29) is 13.2 Å². The minimum atomic E-state index is -3.36. The molecule has 1 aromatic rings. The molecule has 0 heterocycles. The molecule has 0 saturated carbocycles. The normalized spacial score (nSPS) is 15.0. The van der Waals surface area contributed by atoms with Crippen molar-refractivity contribution in [3.8, 4) is 0 Å². The van der Waals surface area contributed by atoms with Crippen molar-refractivity contribution in [1.29, 1.82) is 0 Å². The molecule has 2 N–H and O–H groups in total. The van der Waals surface area contributed by atoms with E-state index in [1.807, 2.05) is 30.3 Å². The molecule has 4 nitrogen and oxygen atoms in total. The van der Waals surface area contributed by atoms with Gasteiger partial charge in [-0.25, -0.2) is 10.1 Å². The first-order valence-electron chi connectivity index (χ1n) is 4.35. The molecular formula is C9H14NO3P. The molecule has 1 aromatic carbocycles. The Kier molecular flexibility index (Phi) is 4.29. The van der Waals surface area contributed by atoms with Gasteiger partial charge in [0, 0.05) is 0 Å². The lowest BCUT2D eigenvalue weighted by atomic mass is 10.2. The number of rotatable bonds is 5. The first-order valence-corrected chi connectivity index (χ1v) is 5.97. The summed E-state index contributed by atoms with van der Waals surface area (Å²) in [5.74, 6) is 0. The van der Waals surface area contributed by atoms with Crippen molar-refractivity contribution in [1.82, 2.24) is 0 Å². The molecular weight excluding hydrogens is 201 g/mol. The number of hydrogen-bond donors (Lipinski definition) is 1. The minimum Gasteiger partial charge on any atom is -0.297 e. The van der Waals surface area contributed by atoms with E-state index in [1.165, 1.54) is 0 Å². The zero-order valence-electron chi connectivity index (χ0n) is 8.05. The second-order valence-electron chi connectivity index (χ2n) is 2.72. The van der Waals surface area contributed by atoms with Crippen LogP contribution in [0.25, 0.3) is 0 Å². The fraction of sp³-hybridized carbons (Fsp3) is 0.333. The SMILES string of the molecule is CCOP(N)(=O)OCc1ccccc1. The lowest BCUT2D eigenvalue weighted by molar-refractivity contribution is 0.205. The van der Waals surface area contributed by atoms with Gasteiger partial charge < -0.3 is 0 Å². The van der Waals surface area contributed by atoms with Crippen LogP contribution < -0.4 is 5.50 Å². The van der Waals surface area contributed by atoms with Crippen molar-refractivity contribution in [2.75, 3.05) is 6.61 Å². The summed E-state index contributed by atoms with van der Waals surface area (Å²) in [6.07, 6.45) is 0. The fourth-order valence-electron chi connectivity index (χ4n) is 0.956. The second kappa shape index (κ2) is 5.27. The molecule has 0 aromatic heterocycles. The zero-order valence-corrected chi connectivity index (χ0v) is 8.94. The van der Waals surface area contributed by atoms with Crippen LogP contribution in [0.2, 0.25) is 0 Å². The van der Waals surface area contributed by atoms with Crippen molar-refractivity contribution < 1.29 is 13.6 Å². The molecule has 1 rings (SSSR count). The van der Waals surface area contributed by atoms with E-state index in [0.717, 1.165) is 5.56 Å². The Morgan fingerprint density at radius 1 is 1.29 bits per heavy atom. The summed E-state index contributed by atoms with van der Waals surface area (Å²) in [5, 5.41) is 0. The maximum Gasteiger partial charge on any atom is 0.403 e. The second-order valence-corrected chi connectivity index (χ2v) is 4.31. The van der Waals surface area contributed by atoms with Crippen LogP contribution in [0.3, 0.4) is 0 Å². The maximum atomic E-state index is 11.3. The van der Waals surface area contributed by atoms with Crippen molar-refractivity contribution in [2.24, 2.45) is 5.50 Å². The van der Waals surface area contributed by atoms with Gasteiger partial charge in [0.1, 0.15) is 0 Å². The third kappa shape index (κ3) is 4.03. The van der Waals surface area contributed by atoms with Crippen molar-refractivity contribution in [2.45, 2.75) is 13.5 Å². The standard InChI is InChI=1S/C9H14NO3P/c1-2-12-14(10,11)13-8-9-6-4-3-5-7-9/h3-7H,2,8H2,1H3,(H2,10,11). The minimum absolute atomic E-state index is 0.203. The van der Waals surface area contributed by atoms with Crippen molar-refractivity contribution in [3.63, 3.8) is 0 Å². The summed E-state index contributed by atoms with van der Waals surface area (Å²) in [4.78, 5) is 0. The first kappa shape index (κ1) is 11.4. The highest BCUT2D eigenvalue weighted by atomic mass is 31.2. The summed E-state index contributed by atoms with van der Waals surface area (Å²) in [6, 6.07) is 9.38. The van der Waals surface area contributed by atoms with Crippen LogP contribution in [-0.4, -0.2) is 6.61 Å². The van der Waals surface area contributed by atoms with Crippen LogP contribution in [0.15, 0.2) is 30.3 Å². The molecule has 0 aliphatic carbocycles. The van der Waals surface area contributed by atoms with E-state index < -0.39 is 7.75 Å². The third-order valence-electron chi connectivity index (χ3n) is 1.56. The third-order valence-corrected chi connectivity index (χ3v) is 2.67. The molecule has 14 heavy (non-hydrogen) atoms. The van der Waals surface area contributed by atoms with E-state index in [4.69, 9.17) is 14.6 Å². The molecule has 0 aliphatic rings. The monoisotopic (exact) mass is 215 g/mol. The van der Waals surface area contributed by atoms with Crippen LogP contribution in [0, 0.1) is 0 Å². The summed E-state index contributed by atoms with van der Waals surface area (Å²) >= 11 is 0. The average Bonchev–Trinajstić information content (AvgIpc) is 2.17. The van der Waals surface area contributed by atoms with Crippen LogP contribution in [0.1, 0.15) is 12.5 Å². The van der Waals surface area contributed by atoms with E-state index in [1.54, 1.807) is 6.92 Å².